The summed E-state index contributed by atoms with van der Waals surface area (Å²) in [5, 5.41) is 19.9. The predicted octanol–water partition coefficient (Wildman–Crippen LogP) is 2.45. The quantitative estimate of drug-likeness (QED) is 0.751. The first-order valence-electron chi connectivity index (χ1n) is 6.94. The molecule has 18 heavy (non-hydrogen) atoms. The van der Waals surface area contributed by atoms with Crippen molar-refractivity contribution in [3.05, 3.63) is 11.6 Å². The molecule has 0 heterocycles. The van der Waals surface area contributed by atoms with Gasteiger partial charge in [0.15, 0.2) is 0 Å². The zero-order chi connectivity index (χ0) is 13.3. The van der Waals surface area contributed by atoms with E-state index in [9.17, 15) is 15.0 Å². The summed E-state index contributed by atoms with van der Waals surface area (Å²) in [6, 6.07) is 0. The molecule has 3 rings (SSSR count). The van der Waals surface area contributed by atoms with Crippen LogP contribution in [0.5, 0.6) is 0 Å². The Morgan fingerprint density at radius 3 is 2.67 bits per heavy atom. The highest BCUT2D eigenvalue weighted by Crippen LogP contribution is 2.70. The molecule has 0 aliphatic heterocycles. The van der Waals surface area contributed by atoms with Crippen molar-refractivity contribution < 1.29 is 15.0 Å². The van der Waals surface area contributed by atoms with E-state index >= 15 is 0 Å². The molecule has 0 radical (unpaired) electrons. The third-order valence-electron chi connectivity index (χ3n) is 5.96. The van der Waals surface area contributed by atoms with Gasteiger partial charge in [-0.15, -0.1) is 0 Å². The fourth-order valence-electron chi connectivity index (χ4n) is 5.17. The number of rotatable bonds is 1. The molecule has 2 fully saturated rings. The van der Waals surface area contributed by atoms with E-state index < -0.39 is 12.1 Å². The van der Waals surface area contributed by atoms with E-state index in [-0.39, 0.29) is 22.7 Å². The minimum absolute atomic E-state index is 0.0106. The fraction of sp³-hybridized carbons (Fsp3) is 0.800. The molecule has 0 aromatic carbocycles. The molecule has 0 unspecified atom stereocenters. The molecule has 3 aliphatic carbocycles. The summed E-state index contributed by atoms with van der Waals surface area (Å²) in [5.74, 6) is -0.0718. The highest BCUT2D eigenvalue weighted by Gasteiger charge is 2.67. The largest absolute Gasteiger partial charge is 0.478 e. The molecule has 100 valence electrons. The molecule has 2 N–H and O–H groups in total. The van der Waals surface area contributed by atoms with Crippen molar-refractivity contribution in [2.75, 3.05) is 0 Å². The SMILES string of the molecule is C[C@H]1CC[C@H]2C(C(=O)O)=C[C@@H]3[C@@H](O)C(C)(C)C[C@]312. The van der Waals surface area contributed by atoms with Gasteiger partial charge in [0.1, 0.15) is 0 Å². The van der Waals surface area contributed by atoms with Crippen molar-refractivity contribution in [3.63, 3.8) is 0 Å². The zero-order valence-electron chi connectivity index (χ0n) is 11.3. The van der Waals surface area contributed by atoms with Gasteiger partial charge in [-0.25, -0.2) is 4.79 Å². The third kappa shape index (κ3) is 1.21. The van der Waals surface area contributed by atoms with E-state index in [1.165, 1.54) is 0 Å². The van der Waals surface area contributed by atoms with Crippen molar-refractivity contribution in [2.24, 2.45) is 28.6 Å². The van der Waals surface area contributed by atoms with Crippen LogP contribution in [0, 0.1) is 28.6 Å². The highest BCUT2D eigenvalue weighted by molar-refractivity contribution is 5.88. The van der Waals surface area contributed by atoms with E-state index in [2.05, 4.69) is 20.8 Å². The lowest BCUT2D eigenvalue weighted by Crippen LogP contribution is -2.33. The minimum atomic E-state index is -0.784. The number of hydrogen-bond acceptors (Lipinski definition) is 2. The maximum atomic E-state index is 11.4. The maximum Gasteiger partial charge on any atom is 0.331 e. The number of carboxylic acid groups (broad SMARTS) is 1. The monoisotopic (exact) mass is 250 g/mol. The Balaban J connectivity index is 2.11. The van der Waals surface area contributed by atoms with Crippen LogP contribution < -0.4 is 0 Å². The van der Waals surface area contributed by atoms with Crippen LogP contribution in [0.2, 0.25) is 0 Å². The topological polar surface area (TPSA) is 57.5 Å². The smallest absolute Gasteiger partial charge is 0.331 e. The summed E-state index contributed by atoms with van der Waals surface area (Å²) in [6.07, 6.45) is 4.48. The summed E-state index contributed by atoms with van der Waals surface area (Å²) in [6.45, 7) is 6.46. The number of hydrogen-bond donors (Lipinski definition) is 2. The molecule has 0 saturated heterocycles. The summed E-state index contributed by atoms with van der Waals surface area (Å²) >= 11 is 0. The summed E-state index contributed by atoms with van der Waals surface area (Å²) in [5.41, 5.74) is 0.484. The number of carboxylic acids is 1. The van der Waals surface area contributed by atoms with Gasteiger partial charge in [-0.1, -0.05) is 26.8 Å². The van der Waals surface area contributed by atoms with Gasteiger partial charge in [-0.3, -0.25) is 0 Å². The van der Waals surface area contributed by atoms with Crippen LogP contribution >= 0.6 is 0 Å². The normalized spacial score (nSPS) is 48.8. The second kappa shape index (κ2) is 3.38. The van der Waals surface area contributed by atoms with Crippen LogP contribution in [0.4, 0.5) is 0 Å². The molecule has 1 spiro atoms. The van der Waals surface area contributed by atoms with Crippen molar-refractivity contribution in [1.29, 1.82) is 0 Å². The van der Waals surface area contributed by atoms with Gasteiger partial charge < -0.3 is 10.2 Å². The summed E-state index contributed by atoms with van der Waals surface area (Å²) in [7, 11) is 0. The third-order valence-corrected chi connectivity index (χ3v) is 5.96. The van der Waals surface area contributed by atoms with Crippen LogP contribution in [0.1, 0.15) is 40.0 Å². The van der Waals surface area contributed by atoms with E-state index in [1.807, 2.05) is 6.08 Å². The molecule has 5 atom stereocenters. The molecule has 2 saturated carbocycles. The number of aliphatic hydroxyl groups excluding tert-OH is 1. The predicted molar refractivity (Wildman–Crippen MR) is 67.9 cm³/mol. The first-order valence-corrected chi connectivity index (χ1v) is 6.94. The second-order valence-corrected chi connectivity index (χ2v) is 7.21. The highest BCUT2D eigenvalue weighted by atomic mass is 16.4. The Morgan fingerprint density at radius 1 is 1.39 bits per heavy atom. The van der Waals surface area contributed by atoms with Gasteiger partial charge in [0.05, 0.1) is 6.10 Å². The van der Waals surface area contributed by atoms with Gasteiger partial charge in [0.25, 0.3) is 0 Å². The number of aliphatic carboxylic acids is 1. The van der Waals surface area contributed by atoms with Gasteiger partial charge in [-0.2, -0.15) is 0 Å². The molecule has 3 nitrogen and oxygen atoms in total. The molecule has 0 aromatic rings. The Labute approximate surface area is 108 Å². The van der Waals surface area contributed by atoms with Gasteiger partial charge in [-0.05, 0) is 41.9 Å². The lowest BCUT2D eigenvalue weighted by atomic mass is 9.67. The van der Waals surface area contributed by atoms with Crippen LogP contribution in [-0.2, 0) is 4.79 Å². The van der Waals surface area contributed by atoms with Crippen molar-refractivity contribution in [1.82, 2.24) is 0 Å². The van der Waals surface area contributed by atoms with Gasteiger partial charge in [0.2, 0.25) is 0 Å². The Morgan fingerprint density at radius 2 is 2.06 bits per heavy atom. The van der Waals surface area contributed by atoms with Gasteiger partial charge >= 0.3 is 5.97 Å². The van der Waals surface area contributed by atoms with Crippen LogP contribution in [-0.4, -0.2) is 22.3 Å². The lowest BCUT2D eigenvalue weighted by molar-refractivity contribution is -0.133. The first-order chi connectivity index (χ1) is 8.30. The van der Waals surface area contributed by atoms with Crippen LogP contribution in [0.15, 0.2) is 11.6 Å². The minimum Gasteiger partial charge on any atom is -0.478 e. The molecule has 3 aliphatic rings. The van der Waals surface area contributed by atoms with E-state index in [0.717, 1.165) is 19.3 Å². The van der Waals surface area contributed by atoms with E-state index in [4.69, 9.17) is 0 Å². The van der Waals surface area contributed by atoms with Gasteiger partial charge in [0, 0.05) is 11.5 Å². The molecule has 0 amide bonds. The first kappa shape index (κ1) is 12.2. The molecular weight excluding hydrogens is 228 g/mol. The summed E-state index contributed by atoms with van der Waals surface area (Å²) in [4.78, 5) is 11.4. The Kier molecular flexibility index (Phi) is 2.30. The Bertz CT molecular complexity index is 437. The van der Waals surface area contributed by atoms with Crippen LogP contribution in [0.3, 0.4) is 0 Å². The second-order valence-electron chi connectivity index (χ2n) is 7.21. The van der Waals surface area contributed by atoms with Crippen LogP contribution in [0.25, 0.3) is 0 Å². The lowest BCUT2D eigenvalue weighted by Gasteiger charge is -2.36. The number of carbonyl (C=O) groups is 1. The fourth-order valence-corrected chi connectivity index (χ4v) is 5.17. The summed E-state index contributed by atoms with van der Waals surface area (Å²) < 4.78 is 0. The van der Waals surface area contributed by atoms with Crippen molar-refractivity contribution >= 4 is 5.97 Å². The number of aliphatic hydroxyl groups is 1. The maximum absolute atomic E-state index is 11.4. The van der Waals surface area contributed by atoms with Crippen molar-refractivity contribution in [3.8, 4) is 0 Å². The molecule has 3 heteroatoms. The molecular formula is C15H22O3. The Hall–Kier alpha value is -0.830. The standard InChI is InChI=1S/C15H22O3/c1-8-4-5-10-9(13(17)18)6-11-12(16)14(2,3)7-15(8,10)11/h6,8,10-12,16H,4-5,7H2,1-3H3,(H,17,18)/t8-,10-,11+,12+,15-/m0/s1. The molecule has 0 aromatic heterocycles. The average molecular weight is 250 g/mol. The van der Waals surface area contributed by atoms with E-state index in [0.29, 0.717) is 11.5 Å². The zero-order valence-corrected chi connectivity index (χ0v) is 11.3. The van der Waals surface area contributed by atoms with Crippen molar-refractivity contribution in [2.45, 2.75) is 46.1 Å². The van der Waals surface area contributed by atoms with E-state index in [1.54, 1.807) is 0 Å². The average Bonchev–Trinajstić information content (AvgIpc) is 2.79. The molecule has 0 bridgehead atoms.